The smallest absolute Gasteiger partial charge is 0.387 e. The van der Waals surface area contributed by atoms with Crippen LogP contribution in [0.4, 0.5) is 14.7 Å². The Labute approximate surface area is 283 Å². The lowest BCUT2D eigenvalue weighted by atomic mass is 9.87. The molecule has 2 unspecified atom stereocenters. The standard InChI is InChI=1S/C32H42F2N8O6S/c1-32(45,19-49(46,47)42-13-9-22(10-14-42)37-31-35-16-23(17-36-31)48-30(33)34)18-41-11-7-20(8-12-41)21-3-4-24-26(15-21)40(2)39-28(24)25-5-6-27(43)38-29(25)44/h3-4,15-17,20,22,25,30,45H,5-14,18-19H2,1-2H3,(H,35,36,37)(H,38,43,44). The van der Waals surface area contributed by atoms with Crippen molar-refractivity contribution in [2.24, 2.45) is 7.05 Å². The summed E-state index contributed by atoms with van der Waals surface area (Å²) in [6.07, 6.45) is 5.71. The zero-order valence-corrected chi connectivity index (χ0v) is 28.3. The lowest BCUT2D eigenvalue weighted by Crippen LogP contribution is -2.51. The minimum Gasteiger partial charge on any atom is -0.432 e. The number of amides is 2. The molecular formula is C32H42F2N8O6S. The largest absolute Gasteiger partial charge is 0.432 e. The molecular weight excluding hydrogens is 662 g/mol. The summed E-state index contributed by atoms with van der Waals surface area (Å²) in [5, 5.41) is 22.3. The lowest BCUT2D eigenvalue weighted by Gasteiger charge is -2.38. The topological polar surface area (TPSA) is 172 Å². The fourth-order valence-corrected chi connectivity index (χ4v) is 9.05. The lowest BCUT2D eigenvalue weighted by molar-refractivity contribution is -0.134. The molecule has 0 spiro atoms. The molecule has 6 rings (SSSR count). The number of rotatable bonds is 11. The Kier molecular flexibility index (Phi) is 10.2. The van der Waals surface area contributed by atoms with Crippen molar-refractivity contribution in [2.45, 2.75) is 75.5 Å². The van der Waals surface area contributed by atoms with Crippen LogP contribution in [-0.4, -0.2) is 111 Å². The van der Waals surface area contributed by atoms with E-state index in [1.54, 1.807) is 11.6 Å². The summed E-state index contributed by atoms with van der Waals surface area (Å²) in [6.45, 7) is 0.789. The van der Waals surface area contributed by atoms with E-state index in [0.717, 1.165) is 36.1 Å². The van der Waals surface area contributed by atoms with Crippen molar-refractivity contribution in [2.75, 3.05) is 43.8 Å². The van der Waals surface area contributed by atoms with Crippen LogP contribution < -0.4 is 15.4 Å². The molecule has 0 radical (unpaired) electrons. The number of benzene rings is 1. The van der Waals surface area contributed by atoms with Crippen LogP contribution in [0.3, 0.4) is 0 Å². The number of β-amino-alcohol motifs (C(OH)–C–C–N with tert-alkyl or cyclic N) is 1. The van der Waals surface area contributed by atoms with Crippen LogP contribution in [0.15, 0.2) is 30.6 Å². The van der Waals surface area contributed by atoms with Gasteiger partial charge in [0.2, 0.25) is 27.8 Å². The van der Waals surface area contributed by atoms with Gasteiger partial charge >= 0.3 is 6.61 Å². The predicted molar refractivity (Wildman–Crippen MR) is 176 cm³/mol. The van der Waals surface area contributed by atoms with Gasteiger partial charge < -0.3 is 20.1 Å². The van der Waals surface area contributed by atoms with Crippen LogP contribution in [0.2, 0.25) is 0 Å². The second-order valence-corrected chi connectivity index (χ2v) is 15.5. The Morgan fingerprint density at radius 2 is 1.78 bits per heavy atom. The number of piperidine rings is 3. The number of aliphatic hydroxyl groups is 1. The molecule has 3 saturated heterocycles. The number of aryl methyl sites for hydroxylation is 1. The van der Waals surface area contributed by atoms with Crippen LogP contribution in [0.25, 0.3) is 10.9 Å². The third-order valence-corrected chi connectivity index (χ3v) is 11.8. The number of carbonyl (C=O) groups excluding carboxylic acids is 2. The number of anilines is 1. The van der Waals surface area contributed by atoms with E-state index >= 15 is 0 Å². The normalized spacial score (nSPS) is 22.0. The highest BCUT2D eigenvalue weighted by atomic mass is 32.2. The molecule has 2 aromatic heterocycles. The molecule has 2 atom stereocenters. The monoisotopic (exact) mass is 704 g/mol. The molecule has 0 saturated carbocycles. The van der Waals surface area contributed by atoms with Crippen LogP contribution in [0.1, 0.15) is 68.5 Å². The number of aromatic nitrogens is 4. The van der Waals surface area contributed by atoms with E-state index in [9.17, 15) is 31.9 Å². The van der Waals surface area contributed by atoms with Gasteiger partial charge in [-0.15, -0.1) is 0 Å². The number of fused-ring (bicyclic) bond motifs is 1. The first kappa shape index (κ1) is 35.0. The number of nitrogens with one attached hydrogen (secondary N) is 2. The van der Waals surface area contributed by atoms with Gasteiger partial charge in [0.05, 0.1) is 40.9 Å². The maximum absolute atomic E-state index is 13.3. The van der Waals surface area contributed by atoms with E-state index in [1.807, 2.05) is 13.1 Å². The molecule has 3 N–H and O–H groups in total. The van der Waals surface area contributed by atoms with E-state index in [-0.39, 0.29) is 60.9 Å². The Morgan fingerprint density at radius 1 is 1.08 bits per heavy atom. The molecule has 3 aliphatic heterocycles. The van der Waals surface area contributed by atoms with Gasteiger partial charge in [-0.2, -0.15) is 13.9 Å². The molecule has 14 nitrogen and oxygen atoms in total. The van der Waals surface area contributed by atoms with Gasteiger partial charge in [0.15, 0.2) is 5.75 Å². The first-order valence-corrected chi connectivity index (χ1v) is 18.1. The molecule has 2 amide bonds. The fourth-order valence-electron chi connectivity index (χ4n) is 7.22. The molecule has 3 fully saturated rings. The van der Waals surface area contributed by atoms with Crippen LogP contribution >= 0.6 is 0 Å². The van der Waals surface area contributed by atoms with Crippen molar-refractivity contribution in [1.82, 2.24) is 34.3 Å². The highest BCUT2D eigenvalue weighted by molar-refractivity contribution is 7.89. The van der Waals surface area contributed by atoms with E-state index in [1.165, 1.54) is 9.87 Å². The maximum atomic E-state index is 13.3. The zero-order chi connectivity index (χ0) is 34.9. The minimum atomic E-state index is -3.74. The molecule has 1 aromatic carbocycles. The van der Waals surface area contributed by atoms with Crippen molar-refractivity contribution in [3.63, 3.8) is 0 Å². The van der Waals surface area contributed by atoms with Crippen molar-refractivity contribution in [3.8, 4) is 5.75 Å². The SMILES string of the molecule is Cn1nc(C2CCC(=O)NC2=O)c2ccc(C3CCN(CC(C)(O)CS(=O)(=O)N4CCC(Nc5ncc(OC(F)F)cn5)CC4)CC3)cc21. The Bertz CT molecular complexity index is 1770. The Balaban J connectivity index is 0.983. The van der Waals surface area contributed by atoms with E-state index < -0.39 is 28.2 Å². The quantitative estimate of drug-likeness (QED) is 0.250. The van der Waals surface area contributed by atoms with Gasteiger partial charge in [-0.25, -0.2) is 22.7 Å². The third-order valence-electron chi connectivity index (χ3n) is 9.62. The number of carbonyl (C=O) groups is 2. The molecule has 3 aliphatic rings. The molecule has 49 heavy (non-hydrogen) atoms. The number of halogens is 2. The number of hydrogen-bond donors (Lipinski definition) is 3. The minimum absolute atomic E-state index is 0.0962. The molecule has 17 heteroatoms. The summed E-state index contributed by atoms with van der Waals surface area (Å²) in [7, 11) is -1.88. The van der Waals surface area contributed by atoms with Crippen LogP contribution in [0.5, 0.6) is 5.75 Å². The maximum Gasteiger partial charge on any atom is 0.387 e. The van der Waals surface area contributed by atoms with Crippen molar-refractivity contribution < 1.29 is 36.6 Å². The molecule has 3 aromatic rings. The number of alkyl halides is 2. The van der Waals surface area contributed by atoms with Gasteiger partial charge in [0.25, 0.3) is 0 Å². The third kappa shape index (κ3) is 8.33. The van der Waals surface area contributed by atoms with Crippen molar-refractivity contribution in [3.05, 3.63) is 41.9 Å². The van der Waals surface area contributed by atoms with E-state index in [4.69, 9.17) is 0 Å². The number of likely N-dealkylation sites (tertiary alicyclic amines) is 1. The predicted octanol–water partition coefficient (Wildman–Crippen LogP) is 2.32. The van der Waals surface area contributed by atoms with Crippen molar-refractivity contribution in [1.29, 1.82) is 0 Å². The van der Waals surface area contributed by atoms with Crippen LogP contribution in [-0.2, 0) is 26.7 Å². The number of hydrogen-bond acceptors (Lipinski definition) is 11. The summed E-state index contributed by atoms with van der Waals surface area (Å²) < 4.78 is 58.8. The Hall–Kier alpha value is -3.80. The van der Waals surface area contributed by atoms with Gasteiger partial charge in [-0.3, -0.25) is 19.6 Å². The van der Waals surface area contributed by atoms with Gasteiger partial charge in [-0.1, -0.05) is 12.1 Å². The highest BCUT2D eigenvalue weighted by Gasteiger charge is 2.37. The number of sulfonamides is 1. The van der Waals surface area contributed by atoms with Crippen molar-refractivity contribution >= 4 is 38.7 Å². The number of nitrogens with zero attached hydrogens (tertiary/aromatic N) is 6. The van der Waals surface area contributed by atoms with Crippen LogP contribution in [0, 0.1) is 0 Å². The van der Waals surface area contributed by atoms with E-state index in [0.29, 0.717) is 44.5 Å². The molecule has 0 bridgehead atoms. The Morgan fingerprint density at radius 3 is 2.43 bits per heavy atom. The molecule has 0 aliphatic carbocycles. The number of ether oxygens (including phenoxy) is 1. The fraction of sp³-hybridized carbons (Fsp3) is 0.594. The van der Waals surface area contributed by atoms with E-state index in [2.05, 4.69) is 47.5 Å². The van der Waals surface area contributed by atoms with Gasteiger partial charge in [-0.05, 0) is 69.7 Å². The summed E-state index contributed by atoms with van der Waals surface area (Å²) in [5.41, 5.74) is 1.33. The first-order chi connectivity index (χ1) is 23.3. The average molecular weight is 705 g/mol. The van der Waals surface area contributed by atoms with Gasteiger partial charge in [0.1, 0.15) is 0 Å². The highest BCUT2D eigenvalue weighted by Crippen LogP contribution is 2.35. The zero-order valence-electron chi connectivity index (χ0n) is 27.5. The first-order valence-electron chi connectivity index (χ1n) is 16.5. The summed E-state index contributed by atoms with van der Waals surface area (Å²) >= 11 is 0. The summed E-state index contributed by atoms with van der Waals surface area (Å²) in [6, 6.07) is 6.11. The van der Waals surface area contributed by atoms with Gasteiger partial charge in [0, 0.05) is 44.5 Å². The summed E-state index contributed by atoms with van der Waals surface area (Å²) in [5.74, 6) is -1.03. The average Bonchev–Trinajstić information content (AvgIpc) is 3.37. The molecule has 5 heterocycles. The second kappa shape index (κ2) is 14.2. The summed E-state index contributed by atoms with van der Waals surface area (Å²) in [4.78, 5) is 34.2. The second-order valence-electron chi connectivity index (χ2n) is 13.5. The number of imide groups is 1. The molecule has 266 valence electrons.